The number of hydrogen-bond acceptors (Lipinski definition) is 4. The monoisotopic (exact) mass is 319 g/mol. The third-order valence-corrected chi connectivity index (χ3v) is 4.36. The van der Waals surface area contributed by atoms with E-state index >= 15 is 0 Å². The first kappa shape index (κ1) is 16.8. The third-order valence-electron chi connectivity index (χ3n) is 2.76. The predicted octanol–water partition coefficient (Wildman–Crippen LogP) is 2.09. The van der Waals surface area contributed by atoms with Gasteiger partial charge in [-0.05, 0) is 37.1 Å². The Bertz CT molecular complexity index is 588. The summed E-state index contributed by atoms with van der Waals surface area (Å²) in [5.41, 5.74) is 1.04. The Morgan fingerprint density at radius 2 is 1.75 bits per heavy atom. The first-order valence-electron chi connectivity index (χ1n) is 6.01. The zero-order chi connectivity index (χ0) is 15.5. The van der Waals surface area contributed by atoms with Crippen LogP contribution >= 0.6 is 10.7 Å². The van der Waals surface area contributed by atoms with E-state index in [9.17, 15) is 13.2 Å². The van der Waals surface area contributed by atoms with Gasteiger partial charge >= 0.3 is 0 Å². The number of amides is 1. The molecule has 1 aromatic carbocycles. The van der Waals surface area contributed by atoms with Crippen molar-refractivity contribution >= 4 is 25.6 Å². The van der Waals surface area contributed by atoms with E-state index in [2.05, 4.69) is 0 Å². The van der Waals surface area contributed by atoms with Crippen molar-refractivity contribution in [1.82, 2.24) is 4.90 Å². The van der Waals surface area contributed by atoms with Crippen LogP contribution in [0.2, 0.25) is 0 Å². The predicted molar refractivity (Wildman–Crippen MR) is 77.8 cm³/mol. The van der Waals surface area contributed by atoms with Crippen molar-refractivity contribution in [2.75, 3.05) is 20.7 Å². The SMILES string of the molecule is Cc1cc(OCCC(=O)N(C)C)cc(C)c1S(=O)(=O)Cl. The van der Waals surface area contributed by atoms with E-state index in [1.807, 2.05) is 0 Å². The lowest BCUT2D eigenvalue weighted by Crippen LogP contribution is -2.23. The van der Waals surface area contributed by atoms with Gasteiger partial charge in [0.1, 0.15) is 5.75 Å². The van der Waals surface area contributed by atoms with Crippen LogP contribution in [0.4, 0.5) is 0 Å². The van der Waals surface area contributed by atoms with Gasteiger partial charge in [0.05, 0.1) is 17.9 Å². The van der Waals surface area contributed by atoms with Gasteiger partial charge < -0.3 is 9.64 Å². The second kappa shape index (κ2) is 6.45. The van der Waals surface area contributed by atoms with Crippen molar-refractivity contribution in [2.45, 2.75) is 25.2 Å². The Morgan fingerprint density at radius 3 is 2.15 bits per heavy atom. The van der Waals surface area contributed by atoms with E-state index in [0.29, 0.717) is 16.9 Å². The number of rotatable bonds is 5. The summed E-state index contributed by atoms with van der Waals surface area (Å²) in [6, 6.07) is 3.20. The highest BCUT2D eigenvalue weighted by Gasteiger charge is 2.17. The molecule has 0 aliphatic heterocycles. The van der Waals surface area contributed by atoms with E-state index in [0.717, 1.165) is 0 Å². The minimum Gasteiger partial charge on any atom is -0.493 e. The van der Waals surface area contributed by atoms with Crippen LogP contribution in [0.25, 0.3) is 0 Å². The molecule has 1 aromatic rings. The molecule has 0 unspecified atom stereocenters. The van der Waals surface area contributed by atoms with E-state index in [1.165, 1.54) is 4.90 Å². The fourth-order valence-corrected chi connectivity index (χ4v) is 3.48. The third kappa shape index (κ3) is 4.38. The summed E-state index contributed by atoms with van der Waals surface area (Å²) in [6.07, 6.45) is 0.265. The summed E-state index contributed by atoms with van der Waals surface area (Å²) in [5, 5.41) is 0. The molecular weight excluding hydrogens is 302 g/mol. The standard InChI is InChI=1S/C13H18ClNO4S/c1-9-7-11(19-6-5-12(16)15(3)4)8-10(2)13(9)20(14,17)18/h7-8H,5-6H2,1-4H3. The zero-order valence-electron chi connectivity index (χ0n) is 11.9. The van der Waals surface area contributed by atoms with Crippen LogP contribution in [0.3, 0.4) is 0 Å². The highest BCUT2D eigenvalue weighted by molar-refractivity contribution is 8.13. The normalized spacial score (nSPS) is 11.2. The topological polar surface area (TPSA) is 63.7 Å². The second-order valence-electron chi connectivity index (χ2n) is 4.71. The lowest BCUT2D eigenvalue weighted by Gasteiger charge is -2.13. The molecule has 5 nitrogen and oxygen atoms in total. The van der Waals surface area contributed by atoms with Crippen molar-refractivity contribution in [2.24, 2.45) is 0 Å². The number of benzene rings is 1. The lowest BCUT2D eigenvalue weighted by molar-refractivity contribution is -0.129. The number of ether oxygens (including phenoxy) is 1. The number of halogens is 1. The molecule has 1 amide bonds. The van der Waals surface area contributed by atoms with Gasteiger partial charge in [0.15, 0.2) is 0 Å². The van der Waals surface area contributed by atoms with E-state index in [4.69, 9.17) is 15.4 Å². The van der Waals surface area contributed by atoms with E-state index in [-0.39, 0.29) is 23.8 Å². The van der Waals surface area contributed by atoms with Crippen molar-refractivity contribution in [3.05, 3.63) is 23.3 Å². The number of hydrogen-bond donors (Lipinski definition) is 0. The first-order chi connectivity index (χ1) is 9.12. The van der Waals surface area contributed by atoms with Crippen molar-refractivity contribution in [1.29, 1.82) is 0 Å². The maximum absolute atomic E-state index is 11.4. The molecule has 112 valence electrons. The Labute approximate surface area is 123 Å². The van der Waals surface area contributed by atoms with Crippen LogP contribution in [0, 0.1) is 13.8 Å². The van der Waals surface area contributed by atoms with E-state index < -0.39 is 9.05 Å². The average molecular weight is 320 g/mol. The molecule has 1 rings (SSSR count). The van der Waals surface area contributed by atoms with Crippen LogP contribution in [0.1, 0.15) is 17.5 Å². The molecule has 0 heterocycles. The molecule has 0 aliphatic rings. The smallest absolute Gasteiger partial charge is 0.261 e. The second-order valence-corrected chi connectivity index (χ2v) is 7.21. The Balaban J connectivity index is 2.83. The van der Waals surface area contributed by atoms with Crippen molar-refractivity contribution in [3.8, 4) is 5.75 Å². The number of carbonyl (C=O) groups is 1. The maximum atomic E-state index is 11.4. The summed E-state index contributed by atoms with van der Waals surface area (Å²) in [7, 11) is 4.97. The van der Waals surface area contributed by atoms with Gasteiger partial charge in [-0.1, -0.05) is 0 Å². The molecule has 0 bridgehead atoms. The summed E-state index contributed by atoms with van der Waals surface area (Å²) in [6.45, 7) is 3.54. The quantitative estimate of drug-likeness (QED) is 0.780. The van der Waals surface area contributed by atoms with Gasteiger partial charge in [-0.2, -0.15) is 0 Å². The van der Waals surface area contributed by atoms with Gasteiger partial charge in [-0.25, -0.2) is 8.42 Å². The van der Waals surface area contributed by atoms with Gasteiger partial charge in [0.2, 0.25) is 5.91 Å². The summed E-state index contributed by atoms with van der Waals surface area (Å²) in [5.74, 6) is 0.494. The van der Waals surface area contributed by atoms with Crippen LogP contribution < -0.4 is 4.74 Å². The minimum absolute atomic E-state index is 0.0293. The number of aryl methyl sites for hydroxylation is 2. The fourth-order valence-electron chi connectivity index (χ4n) is 1.86. The average Bonchev–Trinajstić information content (AvgIpc) is 2.25. The molecule has 0 atom stereocenters. The molecule has 0 spiro atoms. The summed E-state index contributed by atoms with van der Waals surface area (Å²) in [4.78, 5) is 13.0. The molecule has 0 aromatic heterocycles. The summed E-state index contributed by atoms with van der Waals surface area (Å²) >= 11 is 0. The Morgan fingerprint density at radius 1 is 1.25 bits per heavy atom. The van der Waals surface area contributed by atoms with Crippen molar-refractivity contribution < 1.29 is 17.9 Å². The highest BCUT2D eigenvalue weighted by Crippen LogP contribution is 2.28. The maximum Gasteiger partial charge on any atom is 0.261 e. The Kier molecular flexibility index (Phi) is 5.42. The summed E-state index contributed by atoms with van der Waals surface area (Å²) < 4.78 is 28.3. The van der Waals surface area contributed by atoms with Crippen LogP contribution in [-0.2, 0) is 13.8 Å². The van der Waals surface area contributed by atoms with Gasteiger partial charge in [0, 0.05) is 24.8 Å². The number of nitrogens with zero attached hydrogens (tertiary/aromatic N) is 1. The Hall–Kier alpha value is -1.27. The van der Waals surface area contributed by atoms with Gasteiger partial charge in [-0.3, -0.25) is 4.79 Å². The molecule has 0 aliphatic carbocycles. The van der Waals surface area contributed by atoms with Gasteiger partial charge in [-0.15, -0.1) is 0 Å². The fraction of sp³-hybridized carbons (Fsp3) is 0.462. The largest absolute Gasteiger partial charge is 0.493 e. The van der Waals surface area contributed by atoms with E-state index in [1.54, 1.807) is 40.1 Å². The molecule has 0 saturated heterocycles. The highest BCUT2D eigenvalue weighted by atomic mass is 35.7. The molecule has 0 fully saturated rings. The molecule has 20 heavy (non-hydrogen) atoms. The minimum atomic E-state index is -3.77. The van der Waals surface area contributed by atoms with Crippen LogP contribution in [0.5, 0.6) is 5.75 Å². The molecule has 0 radical (unpaired) electrons. The van der Waals surface area contributed by atoms with Crippen LogP contribution in [-0.4, -0.2) is 39.9 Å². The van der Waals surface area contributed by atoms with Crippen molar-refractivity contribution in [3.63, 3.8) is 0 Å². The number of carbonyl (C=O) groups excluding carboxylic acids is 1. The van der Waals surface area contributed by atoms with Gasteiger partial charge in [0.25, 0.3) is 9.05 Å². The zero-order valence-corrected chi connectivity index (χ0v) is 13.5. The first-order valence-corrected chi connectivity index (χ1v) is 8.32. The molecule has 0 N–H and O–H groups in total. The molecule has 7 heteroatoms. The molecular formula is C13H18ClNO4S. The molecule has 0 saturated carbocycles. The lowest BCUT2D eigenvalue weighted by atomic mass is 10.1. The van der Waals surface area contributed by atoms with Crippen LogP contribution in [0.15, 0.2) is 17.0 Å².